The topological polar surface area (TPSA) is 115 Å². The van der Waals surface area contributed by atoms with Crippen LogP contribution in [0.15, 0.2) is 18.3 Å². The van der Waals surface area contributed by atoms with Gasteiger partial charge in [-0.3, -0.25) is 15.0 Å². The average molecular weight is 361 g/mol. The number of ether oxygens (including phenoxy) is 2. The van der Waals surface area contributed by atoms with E-state index in [1.807, 2.05) is 0 Å². The number of nitro benzene ring substituents is 1. The highest BCUT2D eigenvalue weighted by Crippen LogP contribution is 2.34. The third-order valence-electron chi connectivity index (χ3n) is 4.18. The number of hydrogen-bond donors (Lipinski definition) is 1. The van der Waals surface area contributed by atoms with Crippen LogP contribution in [0.5, 0.6) is 5.75 Å². The zero-order chi connectivity index (χ0) is 18.7. The average Bonchev–Trinajstić information content (AvgIpc) is 2.63. The monoisotopic (exact) mass is 361 g/mol. The second kappa shape index (κ2) is 7.63. The Morgan fingerprint density at radius 2 is 2.15 bits per heavy atom. The number of non-ortho nitro benzene ring substituents is 1. The van der Waals surface area contributed by atoms with Gasteiger partial charge in [0, 0.05) is 31.9 Å². The summed E-state index contributed by atoms with van der Waals surface area (Å²) in [5.41, 5.74) is 0.365. The van der Waals surface area contributed by atoms with E-state index in [0.29, 0.717) is 25.3 Å². The van der Waals surface area contributed by atoms with E-state index >= 15 is 0 Å². The second-order valence-electron chi connectivity index (χ2n) is 5.90. The van der Waals surface area contributed by atoms with Gasteiger partial charge in [0.05, 0.1) is 30.1 Å². The van der Waals surface area contributed by atoms with Crippen molar-refractivity contribution in [3.05, 3.63) is 39.6 Å². The molecule has 1 aliphatic heterocycles. The minimum atomic E-state index is -0.722. The van der Waals surface area contributed by atoms with Gasteiger partial charge in [-0.1, -0.05) is 0 Å². The fraction of sp³-hybridized carbons (Fsp3) is 0.412. The van der Waals surface area contributed by atoms with Gasteiger partial charge in [0.2, 0.25) is 0 Å². The predicted molar refractivity (Wildman–Crippen MR) is 92.1 cm³/mol. The van der Waals surface area contributed by atoms with Crippen LogP contribution in [0.1, 0.15) is 22.8 Å². The fourth-order valence-corrected chi connectivity index (χ4v) is 2.94. The summed E-state index contributed by atoms with van der Waals surface area (Å²) in [5.74, 6) is -1.08. The maximum Gasteiger partial charge on any atom is 0.343 e. The molecule has 2 heterocycles. The molecule has 0 spiro atoms. The molecule has 138 valence electrons. The lowest BCUT2D eigenvalue weighted by atomic mass is 10.1. The standard InChI is InChI=1S/C17H19N3O6/c1-2-26-17(22)13-9-18-15-12(16(13)21)7-11(8-14(15)20(23)24)10-19-3-5-25-6-4-19/h7-9H,2-6,10H2,1H3,(H,18,21). The van der Waals surface area contributed by atoms with Crippen LogP contribution in [0.3, 0.4) is 0 Å². The van der Waals surface area contributed by atoms with E-state index in [1.54, 1.807) is 13.0 Å². The first-order valence-electron chi connectivity index (χ1n) is 8.27. The van der Waals surface area contributed by atoms with Gasteiger partial charge >= 0.3 is 5.97 Å². The lowest BCUT2D eigenvalue weighted by molar-refractivity contribution is -0.383. The summed E-state index contributed by atoms with van der Waals surface area (Å²) in [7, 11) is 0. The van der Waals surface area contributed by atoms with Gasteiger partial charge in [0.25, 0.3) is 5.69 Å². The predicted octanol–water partition coefficient (Wildman–Crippen LogP) is 1.86. The van der Waals surface area contributed by atoms with E-state index in [1.165, 1.54) is 6.07 Å². The number of nitrogens with zero attached hydrogens (tertiary/aromatic N) is 3. The SMILES string of the molecule is CCOC(=O)c1cnc2c([N+](=O)[O-])cc(CN3CCOCC3)cc2c1O. The molecule has 1 saturated heterocycles. The number of morpholine rings is 1. The fourth-order valence-electron chi connectivity index (χ4n) is 2.94. The molecule has 0 atom stereocenters. The summed E-state index contributed by atoms with van der Waals surface area (Å²) in [6.07, 6.45) is 1.10. The highest BCUT2D eigenvalue weighted by molar-refractivity contribution is 6.01. The summed E-state index contributed by atoms with van der Waals surface area (Å²) in [5, 5.41) is 22.1. The van der Waals surface area contributed by atoms with Crippen LogP contribution in [-0.4, -0.2) is 58.8 Å². The minimum absolute atomic E-state index is 0.0336. The van der Waals surface area contributed by atoms with Crippen LogP contribution in [0.25, 0.3) is 10.9 Å². The van der Waals surface area contributed by atoms with Crippen molar-refractivity contribution in [2.75, 3.05) is 32.9 Å². The molecule has 9 heteroatoms. The van der Waals surface area contributed by atoms with Gasteiger partial charge in [-0.15, -0.1) is 0 Å². The van der Waals surface area contributed by atoms with Crippen molar-refractivity contribution in [2.45, 2.75) is 13.5 Å². The molecule has 0 unspecified atom stereocenters. The number of rotatable bonds is 5. The molecule has 1 N–H and O–H groups in total. The summed E-state index contributed by atoms with van der Waals surface area (Å²) < 4.78 is 10.2. The van der Waals surface area contributed by atoms with Crippen molar-refractivity contribution in [3.8, 4) is 5.75 Å². The Morgan fingerprint density at radius 3 is 2.81 bits per heavy atom. The normalized spacial score (nSPS) is 15.1. The van der Waals surface area contributed by atoms with Crippen LogP contribution >= 0.6 is 0 Å². The number of esters is 1. The highest BCUT2D eigenvalue weighted by atomic mass is 16.6. The third-order valence-corrected chi connectivity index (χ3v) is 4.18. The quantitative estimate of drug-likeness (QED) is 0.487. The summed E-state index contributed by atoms with van der Waals surface area (Å²) in [4.78, 5) is 29.0. The van der Waals surface area contributed by atoms with E-state index in [0.717, 1.165) is 19.3 Å². The van der Waals surface area contributed by atoms with Crippen LogP contribution in [0.4, 0.5) is 5.69 Å². The van der Waals surface area contributed by atoms with Crippen LogP contribution in [0.2, 0.25) is 0 Å². The number of benzene rings is 1. The first-order valence-corrected chi connectivity index (χ1v) is 8.27. The Morgan fingerprint density at radius 1 is 1.42 bits per heavy atom. The number of fused-ring (bicyclic) bond motifs is 1. The maximum absolute atomic E-state index is 12.0. The van der Waals surface area contributed by atoms with Crippen molar-refractivity contribution in [3.63, 3.8) is 0 Å². The van der Waals surface area contributed by atoms with Crippen LogP contribution in [0, 0.1) is 10.1 Å². The molecule has 26 heavy (non-hydrogen) atoms. The van der Waals surface area contributed by atoms with Crippen molar-refractivity contribution in [1.82, 2.24) is 9.88 Å². The van der Waals surface area contributed by atoms with Gasteiger partial charge < -0.3 is 14.6 Å². The largest absolute Gasteiger partial charge is 0.506 e. The Labute approximate surface area is 149 Å². The first kappa shape index (κ1) is 18.0. The second-order valence-corrected chi connectivity index (χ2v) is 5.90. The van der Waals surface area contributed by atoms with E-state index in [9.17, 15) is 20.0 Å². The van der Waals surface area contributed by atoms with Gasteiger partial charge in [-0.2, -0.15) is 0 Å². The molecule has 1 aromatic heterocycles. The molecule has 3 rings (SSSR count). The molecule has 1 fully saturated rings. The molecule has 0 saturated carbocycles. The lowest BCUT2D eigenvalue weighted by Gasteiger charge is -2.26. The van der Waals surface area contributed by atoms with E-state index in [2.05, 4.69) is 9.88 Å². The molecule has 2 aromatic rings. The summed E-state index contributed by atoms with van der Waals surface area (Å²) >= 11 is 0. The van der Waals surface area contributed by atoms with E-state index in [4.69, 9.17) is 9.47 Å². The zero-order valence-electron chi connectivity index (χ0n) is 14.3. The highest BCUT2D eigenvalue weighted by Gasteiger charge is 2.23. The maximum atomic E-state index is 12.0. The number of nitro groups is 1. The van der Waals surface area contributed by atoms with Gasteiger partial charge in [0.1, 0.15) is 11.3 Å². The third kappa shape index (κ3) is 3.58. The molecule has 0 bridgehead atoms. The molecular formula is C17H19N3O6. The van der Waals surface area contributed by atoms with Crippen LogP contribution < -0.4 is 0 Å². The number of pyridine rings is 1. The summed E-state index contributed by atoms with van der Waals surface area (Å²) in [6, 6.07) is 3.08. The smallest absolute Gasteiger partial charge is 0.343 e. The molecular weight excluding hydrogens is 342 g/mol. The Kier molecular flexibility index (Phi) is 5.29. The Hall–Kier alpha value is -2.78. The van der Waals surface area contributed by atoms with Gasteiger partial charge in [-0.25, -0.2) is 9.78 Å². The number of aromatic nitrogens is 1. The number of aromatic hydroxyl groups is 1. The molecule has 1 aliphatic rings. The lowest BCUT2D eigenvalue weighted by Crippen LogP contribution is -2.35. The number of carbonyl (C=O) groups is 1. The number of hydrogen-bond acceptors (Lipinski definition) is 8. The van der Waals surface area contributed by atoms with Crippen molar-refractivity contribution in [1.29, 1.82) is 0 Å². The van der Waals surface area contributed by atoms with E-state index in [-0.39, 0.29) is 34.5 Å². The molecule has 0 amide bonds. The van der Waals surface area contributed by atoms with E-state index < -0.39 is 10.9 Å². The molecule has 1 aromatic carbocycles. The van der Waals surface area contributed by atoms with Gasteiger partial charge in [0.15, 0.2) is 5.52 Å². The molecule has 9 nitrogen and oxygen atoms in total. The molecule has 0 aliphatic carbocycles. The van der Waals surface area contributed by atoms with Gasteiger partial charge in [-0.05, 0) is 18.6 Å². The van der Waals surface area contributed by atoms with Crippen molar-refractivity contribution >= 4 is 22.6 Å². The number of carbonyl (C=O) groups excluding carboxylic acids is 1. The van der Waals surface area contributed by atoms with Crippen molar-refractivity contribution < 1.29 is 24.3 Å². The minimum Gasteiger partial charge on any atom is -0.506 e. The Balaban J connectivity index is 2.07. The Bertz CT molecular complexity index is 848. The zero-order valence-corrected chi connectivity index (χ0v) is 14.3. The van der Waals surface area contributed by atoms with Crippen molar-refractivity contribution in [2.24, 2.45) is 0 Å². The molecule has 0 radical (unpaired) electrons. The first-order chi connectivity index (χ1) is 12.5. The van der Waals surface area contributed by atoms with Crippen LogP contribution in [-0.2, 0) is 16.0 Å². The summed E-state index contributed by atoms with van der Waals surface area (Å²) in [6.45, 7) is 4.92.